The van der Waals surface area contributed by atoms with Crippen molar-refractivity contribution in [3.8, 4) is 0 Å². The van der Waals surface area contributed by atoms with E-state index in [2.05, 4.69) is 5.16 Å². The summed E-state index contributed by atoms with van der Waals surface area (Å²) in [5, 5.41) is 4.97. The molecule has 2 aromatic rings. The Kier molecular flexibility index (Phi) is 5.35. The van der Waals surface area contributed by atoms with Crippen molar-refractivity contribution >= 4 is 22.8 Å². The average molecular weight is 385 g/mol. The molecule has 0 unspecified atom stereocenters. The normalized spacial score (nSPS) is 19.1. The highest BCUT2D eigenvalue weighted by molar-refractivity contribution is 5.86. The standard InChI is InChI=1S/C21H27N3O4/c1-27-12-4-9-24-15-21(14-20(24)26)7-10-23(11-8-21)19(25)13-17-16-5-2-3-6-18(16)28-22-17/h2-3,5-6H,4,7-15H2,1H3. The molecule has 2 aliphatic rings. The fourth-order valence-electron chi connectivity index (χ4n) is 4.47. The van der Waals surface area contributed by atoms with E-state index in [-0.39, 0.29) is 23.7 Å². The molecule has 28 heavy (non-hydrogen) atoms. The van der Waals surface area contributed by atoms with Crippen molar-refractivity contribution in [1.29, 1.82) is 0 Å². The maximum absolute atomic E-state index is 12.8. The van der Waals surface area contributed by atoms with E-state index in [9.17, 15) is 9.59 Å². The van der Waals surface area contributed by atoms with Crippen LogP contribution in [-0.4, -0.2) is 66.7 Å². The number of benzene rings is 1. The summed E-state index contributed by atoms with van der Waals surface area (Å²) in [7, 11) is 1.68. The number of fused-ring (bicyclic) bond motifs is 1. The molecule has 0 aliphatic carbocycles. The molecule has 0 radical (unpaired) electrons. The molecule has 7 nitrogen and oxygen atoms in total. The summed E-state index contributed by atoms with van der Waals surface area (Å²) >= 11 is 0. The molecule has 0 saturated carbocycles. The summed E-state index contributed by atoms with van der Waals surface area (Å²) in [6.07, 6.45) is 3.49. The SMILES string of the molecule is COCCCN1CC2(CCN(C(=O)Cc3noc4ccccc34)CC2)CC1=O. The highest BCUT2D eigenvalue weighted by atomic mass is 16.5. The number of para-hydroxylation sites is 1. The largest absolute Gasteiger partial charge is 0.385 e. The third-order valence-corrected chi connectivity index (χ3v) is 6.13. The Morgan fingerprint density at radius 1 is 1.29 bits per heavy atom. The topological polar surface area (TPSA) is 75.9 Å². The molecule has 0 bridgehead atoms. The number of ether oxygens (including phenoxy) is 1. The van der Waals surface area contributed by atoms with Crippen LogP contribution in [0.4, 0.5) is 0 Å². The third-order valence-electron chi connectivity index (χ3n) is 6.13. The van der Waals surface area contributed by atoms with Crippen LogP contribution in [0.5, 0.6) is 0 Å². The van der Waals surface area contributed by atoms with Crippen molar-refractivity contribution < 1.29 is 18.8 Å². The number of amides is 2. The zero-order chi connectivity index (χ0) is 19.6. The number of aromatic nitrogens is 1. The molecule has 0 atom stereocenters. The van der Waals surface area contributed by atoms with E-state index in [0.29, 0.717) is 37.4 Å². The number of hydrogen-bond donors (Lipinski definition) is 0. The molecule has 150 valence electrons. The lowest BCUT2D eigenvalue weighted by Gasteiger charge is -2.38. The average Bonchev–Trinajstić information content (AvgIpc) is 3.24. The molecule has 7 heteroatoms. The molecule has 1 spiro atoms. The van der Waals surface area contributed by atoms with Crippen molar-refractivity contribution in [2.24, 2.45) is 5.41 Å². The summed E-state index contributed by atoms with van der Waals surface area (Å²) in [6, 6.07) is 7.61. The minimum absolute atomic E-state index is 0.0293. The monoisotopic (exact) mass is 385 g/mol. The van der Waals surface area contributed by atoms with Crippen molar-refractivity contribution in [3.05, 3.63) is 30.0 Å². The molecule has 2 fully saturated rings. The van der Waals surface area contributed by atoms with Gasteiger partial charge < -0.3 is 19.1 Å². The minimum atomic E-state index is 0.0293. The van der Waals surface area contributed by atoms with E-state index < -0.39 is 0 Å². The molecule has 3 heterocycles. The van der Waals surface area contributed by atoms with Gasteiger partial charge in [-0.15, -0.1) is 0 Å². The summed E-state index contributed by atoms with van der Waals surface area (Å²) in [5.74, 6) is 0.320. The van der Waals surface area contributed by atoms with Gasteiger partial charge in [0.25, 0.3) is 0 Å². The molecule has 0 N–H and O–H groups in total. The van der Waals surface area contributed by atoms with Crippen LogP contribution in [0.25, 0.3) is 11.0 Å². The number of likely N-dealkylation sites (tertiary alicyclic amines) is 2. The van der Waals surface area contributed by atoms with Crippen molar-refractivity contribution in [1.82, 2.24) is 15.0 Å². The predicted molar refractivity (Wildman–Crippen MR) is 104 cm³/mol. The lowest BCUT2D eigenvalue weighted by atomic mass is 9.77. The number of carbonyl (C=O) groups is 2. The van der Waals surface area contributed by atoms with Gasteiger partial charge in [0.2, 0.25) is 11.8 Å². The number of hydrogen-bond acceptors (Lipinski definition) is 5. The van der Waals surface area contributed by atoms with Crippen LogP contribution in [0.1, 0.15) is 31.4 Å². The number of methoxy groups -OCH3 is 1. The molecule has 2 amide bonds. The molecular weight excluding hydrogens is 358 g/mol. The zero-order valence-electron chi connectivity index (χ0n) is 16.4. The van der Waals surface area contributed by atoms with Gasteiger partial charge in [0.15, 0.2) is 5.58 Å². The highest BCUT2D eigenvalue weighted by Crippen LogP contribution is 2.41. The molecule has 1 aromatic heterocycles. The van der Waals surface area contributed by atoms with Crippen LogP contribution < -0.4 is 0 Å². The Hall–Kier alpha value is -2.41. The van der Waals surface area contributed by atoms with Gasteiger partial charge in [-0.25, -0.2) is 0 Å². The predicted octanol–water partition coefficient (Wildman–Crippen LogP) is 2.25. The first-order chi connectivity index (χ1) is 13.6. The Balaban J connectivity index is 1.32. The molecule has 1 aromatic carbocycles. The van der Waals surface area contributed by atoms with Crippen LogP contribution in [0.15, 0.2) is 28.8 Å². The number of nitrogens with zero attached hydrogens (tertiary/aromatic N) is 3. The van der Waals surface area contributed by atoms with Crippen LogP contribution >= 0.6 is 0 Å². The lowest BCUT2D eigenvalue weighted by Crippen LogP contribution is -2.44. The summed E-state index contributed by atoms with van der Waals surface area (Å²) in [6.45, 7) is 3.65. The van der Waals surface area contributed by atoms with Gasteiger partial charge in [0.1, 0.15) is 5.69 Å². The number of carbonyl (C=O) groups excluding carboxylic acids is 2. The zero-order valence-corrected chi connectivity index (χ0v) is 16.4. The number of piperidine rings is 1. The highest BCUT2D eigenvalue weighted by Gasteiger charge is 2.45. The van der Waals surface area contributed by atoms with Gasteiger partial charge in [0.05, 0.1) is 6.42 Å². The van der Waals surface area contributed by atoms with E-state index in [1.165, 1.54) is 0 Å². The van der Waals surface area contributed by atoms with Gasteiger partial charge in [-0.1, -0.05) is 17.3 Å². The first-order valence-corrected chi connectivity index (χ1v) is 9.98. The Labute approximate surface area is 164 Å². The fourth-order valence-corrected chi connectivity index (χ4v) is 4.47. The second kappa shape index (κ2) is 7.91. The fraction of sp³-hybridized carbons (Fsp3) is 0.571. The first kappa shape index (κ1) is 18.9. The molecular formula is C21H27N3O4. The van der Waals surface area contributed by atoms with E-state index in [1.54, 1.807) is 7.11 Å². The van der Waals surface area contributed by atoms with Crippen molar-refractivity contribution in [3.63, 3.8) is 0 Å². The summed E-state index contributed by atoms with van der Waals surface area (Å²) < 4.78 is 10.4. The summed E-state index contributed by atoms with van der Waals surface area (Å²) in [5.41, 5.74) is 1.43. The second-order valence-corrected chi connectivity index (χ2v) is 8.02. The van der Waals surface area contributed by atoms with Crippen LogP contribution in [-0.2, 0) is 20.7 Å². The van der Waals surface area contributed by atoms with Gasteiger partial charge in [0, 0.05) is 57.1 Å². The third kappa shape index (κ3) is 3.76. The van der Waals surface area contributed by atoms with Gasteiger partial charge in [-0.05, 0) is 31.4 Å². The van der Waals surface area contributed by atoms with Crippen LogP contribution in [0, 0.1) is 5.41 Å². The van der Waals surface area contributed by atoms with Crippen LogP contribution in [0.2, 0.25) is 0 Å². The van der Waals surface area contributed by atoms with Crippen molar-refractivity contribution in [2.45, 2.75) is 32.1 Å². The van der Waals surface area contributed by atoms with Crippen molar-refractivity contribution in [2.75, 3.05) is 39.9 Å². The van der Waals surface area contributed by atoms with Gasteiger partial charge >= 0.3 is 0 Å². The van der Waals surface area contributed by atoms with Gasteiger partial charge in [-0.3, -0.25) is 9.59 Å². The number of rotatable bonds is 6. The van der Waals surface area contributed by atoms with E-state index in [0.717, 1.165) is 37.7 Å². The van der Waals surface area contributed by atoms with Crippen LogP contribution in [0.3, 0.4) is 0 Å². The first-order valence-electron chi connectivity index (χ1n) is 9.98. The maximum Gasteiger partial charge on any atom is 0.228 e. The smallest absolute Gasteiger partial charge is 0.228 e. The van der Waals surface area contributed by atoms with Gasteiger partial charge in [-0.2, -0.15) is 0 Å². The Bertz CT molecular complexity index is 854. The van der Waals surface area contributed by atoms with E-state index in [4.69, 9.17) is 9.26 Å². The minimum Gasteiger partial charge on any atom is -0.385 e. The quantitative estimate of drug-likeness (QED) is 0.713. The molecule has 2 aliphatic heterocycles. The molecule has 2 saturated heterocycles. The Morgan fingerprint density at radius 3 is 2.86 bits per heavy atom. The molecule has 4 rings (SSSR count). The summed E-state index contributed by atoms with van der Waals surface area (Å²) in [4.78, 5) is 29.0. The van der Waals surface area contributed by atoms with E-state index >= 15 is 0 Å². The Morgan fingerprint density at radius 2 is 2.07 bits per heavy atom. The van der Waals surface area contributed by atoms with E-state index in [1.807, 2.05) is 34.1 Å². The maximum atomic E-state index is 12.8. The second-order valence-electron chi connectivity index (χ2n) is 8.02. The lowest BCUT2D eigenvalue weighted by molar-refractivity contribution is -0.132.